The van der Waals surface area contributed by atoms with Crippen molar-refractivity contribution in [3.63, 3.8) is 0 Å². The second-order valence-corrected chi connectivity index (χ2v) is 5.89. The van der Waals surface area contributed by atoms with Crippen molar-refractivity contribution in [1.82, 2.24) is 4.90 Å². The van der Waals surface area contributed by atoms with E-state index in [4.69, 9.17) is 23.2 Å². The van der Waals surface area contributed by atoms with E-state index in [-0.39, 0.29) is 0 Å². The zero-order valence-electron chi connectivity index (χ0n) is 10.8. The number of benzene rings is 1. The number of rotatable bonds is 4. The summed E-state index contributed by atoms with van der Waals surface area (Å²) >= 11 is 11.9. The number of nitrogens with one attached hydrogen (secondary N) is 1. The van der Waals surface area contributed by atoms with Crippen molar-refractivity contribution >= 4 is 28.9 Å². The molecular weight excluding hydrogens is 267 g/mol. The van der Waals surface area contributed by atoms with E-state index in [9.17, 15) is 0 Å². The van der Waals surface area contributed by atoms with Crippen LogP contribution in [0.3, 0.4) is 0 Å². The van der Waals surface area contributed by atoms with E-state index in [1.807, 2.05) is 18.2 Å². The molecule has 0 aliphatic carbocycles. The predicted molar refractivity (Wildman–Crippen MR) is 79.8 cm³/mol. The van der Waals surface area contributed by atoms with Crippen LogP contribution >= 0.6 is 23.2 Å². The third-order valence-corrected chi connectivity index (χ3v) is 4.29. The number of likely N-dealkylation sites (tertiary alicyclic amines) is 1. The summed E-state index contributed by atoms with van der Waals surface area (Å²) in [5.74, 6) is 0.893. The first-order valence-corrected chi connectivity index (χ1v) is 7.32. The topological polar surface area (TPSA) is 15.3 Å². The number of hydrogen-bond donors (Lipinski definition) is 1. The molecule has 4 heteroatoms. The fraction of sp³-hybridized carbons (Fsp3) is 0.571. The van der Waals surface area contributed by atoms with Gasteiger partial charge in [-0.3, -0.25) is 0 Å². The Kier molecular flexibility index (Phi) is 5.16. The van der Waals surface area contributed by atoms with Crippen LogP contribution in [0.5, 0.6) is 0 Å². The molecule has 0 atom stereocenters. The molecule has 2 nitrogen and oxygen atoms in total. The lowest BCUT2D eigenvalue weighted by Gasteiger charge is -2.30. The summed E-state index contributed by atoms with van der Waals surface area (Å²) in [5.41, 5.74) is 1.04. The van der Waals surface area contributed by atoms with Crippen LogP contribution in [-0.2, 0) is 0 Å². The van der Waals surface area contributed by atoms with Crippen LogP contribution in [0, 0.1) is 5.92 Å². The molecule has 2 rings (SSSR count). The van der Waals surface area contributed by atoms with E-state index in [2.05, 4.69) is 17.1 Å². The quantitative estimate of drug-likeness (QED) is 0.895. The maximum absolute atomic E-state index is 5.98. The zero-order valence-corrected chi connectivity index (χ0v) is 12.3. The number of piperidine rings is 1. The number of anilines is 1. The van der Waals surface area contributed by atoms with Crippen molar-refractivity contribution < 1.29 is 0 Å². The average Bonchev–Trinajstić information content (AvgIpc) is 2.36. The third-order valence-electron chi connectivity index (χ3n) is 3.55. The van der Waals surface area contributed by atoms with Crippen LogP contribution in [0.2, 0.25) is 10.0 Å². The maximum Gasteiger partial charge on any atom is 0.0612 e. The van der Waals surface area contributed by atoms with E-state index in [1.165, 1.54) is 25.9 Å². The molecule has 100 valence electrons. The van der Waals surface area contributed by atoms with Gasteiger partial charge in [-0.05, 0) is 50.0 Å². The van der Waals surface area contributed by atoms with Gasteiger partial charge < -0.3 is 10.2 Å². The van der Waals surface area contributed by atoms with Crippen LogP contribution in [0.25, 0.3) is 0 Å². The molecule has 0 unspecified atom stereocenters. The fourth-order valence-corrected chi connectivity index (χ4v) is 2.55. The molecule has 1 saturated heterocycles. The van der Waals surface area contributed by atoms with Gasteiger partial charge in [-0.25, -0.2) is 0 Å². The Hall–Kier alpha value is -0.440. The first-order valence-electron chi connectivity index (χ1n) is 6.56. The smallest absolute Gasteiger partial charge is 0.0612 e. The first-order chi connectivity index (χ1) is 8.65. The van der Waals surface area contributed by atoms with Crippen molar-refractivity contribution in [2.24, 2.45) is 5.92 Å². The summed E-state index contributed by atoms with van der Waals surface area (Å²) < 4.78 is 0. The van der Waals surface area contributed by atoms with Crippen molar-refractivity contribution in [2.45, 2.75) is 19.8 Å². The molecule has 0 aromatic heterocycles. The lowest BCUT2D eigenvalue weighted by molar-refractivity contribution is 0.199. The van der Waals surface area contributed by atoms with E-state index < -0.39 is 0 Å². The van der Waals surface area contributed by atoms with Crippen molar-refractivity contribution in [3.8, 4) is 0 Å². The van der Waals surface area contributed by atoms with Gasteiger partial charge in [-0.1, -0.05) is 30.1 Å². The summed E-state index contributed by atoms with van der Waals surface area (Å²) in [7, 11) is 0. The minimum Gasteiger partial charge on any atom is -0.384 e. The highest BCUT2D eigenvalue weighted by Crippen LogP contribution is 2.24. The highest BCUT2D eigenvalue weighted by molar-refractivity contribution is 6.42. The molecule has 1 aromatic rings. The van der Waals surface area contributed by atoms with Crippen molar-refractivity contribution in [3.05, 3.63) is 28.2 Å². The van der Waals surface area contributed by atoms with Gasteiger partial charge in [0.15, 0.2) is 0 Å². The van der Waals surface area contributed by atoms with Gasteiger partial charge in [0.2, 0.25) is 0 Å². The third kappa shape index (κ3) is 4.04. The lowest BCUT2D eigenvalue weighted by Crippen LogP contribution is -2.36. The standard InChI is InChI=1S/C14H20Cl2N2/c1-11-4-7-18(8-5-11)9-6-17-12-2-3-13(15)14(16)10-12/h2-3,10-11,17H,4-9H2,1H3. The number of nitrogens with zero attached hydrogens (tertiary/aromatic N) is 1. The average molecular weight is 287 g/mol. The Morgan fingerprint density at radius 3 is 2.61 bits per heavy atom. The molecule has 1 aromatic carbocycles. The van der Waals surface area contributed by atoms with Gasteiger partial charge in [0.1, 0.15) is 0 Å². The molecule has 0 spiro atoms. The van der Waals surface area contributed by atoms with Crippen molar-refractivity contribution in [2.75, 3.05) is 31.5 Å². The molecule has 1 heterocycles. The van der Waals surface area contributed by atoms with Gasteiger partial charge in [-0.15, -0.1) is 0 Å². The molecule has 1 N–H and O–H groups in total. The fourth-order valence-electron chi connectivity index (χ4n) is 2.25. The van der Waals surface area contributed by atoms with E-state index in [0.29, 0.717) is 10.0 Å². The van der Waals surface area contributed by atoms with Gasteiger partial charge in [0, 0.05) is 18.8 Å². The molecule has 0 saturated carbocycles. The molecule has 1 fully saturated rings. The van der Waals surface area contributed by atoms with Gasteiger partial charge in [0.05, 0.1) is 10.0 Å². The van der Waals surface area contributed by atoms with Crippen LogP contribution < -0.4 is 5.32 Å². The van der Waals surface area contributed by atoms with Crippen LogP contribution in [-0.4, -0.2) is 31.1 Å². The first kappa shape index (κ1) is 14.0. The monoisotopic (exact) mass is 286 g/mol. The zero-order chi connectivity index (χ0) is 13.0. The highest BCUT2D eigenvalue weighted by atomic mass is 35.5. The Morgan fingerprint density at radius 2 is 1.94 bits per heavy atom. The summed E-state index contributed by atoms with van der Waals surface area (Å²) in [6.07, 6.45) is 2.65. The summed E-state index contributed by atoms with van der Waals surface area (Å²) in [6, 6.07) is 5.67. The SMILES string of the molecule is CC1CCN(CCNc2ccc(Cl)c(Cl)c2)CC1. The number of hydrogen-bond acceptors (Lipinski definition) is 2. The molecule has 0 radical (unpaired) electrons. The minimum atomic E-state index is 0.604. The van der Waals surface area contributed by atoms with E-state index in [1.54, 1.807) is 0 Å². The second-order valence-electron chi connectivity index (χ2n) is 5.08. The second kappa shape index (κ2) is 6.65. The van der Waals surface area contributed by atoms with E-state index in [0.717, 1.165) is 24.7 Å². The number of halogens is 2. The summed E-state index contributed by atoms with van der Waals surface area (Å²) in [6.45, 7) is 6.83. The van der Waals surface area contributed by atoms with Crippen LogP contribution in [0.4, 0.5) is 5.69 Å². The van der Waals surface area contributed by atoms with Crippen LogP contribution in [0.1, 0.15) is 19.8 Å². The maximum atomic E-state index is 5.98. The molecule has 0 amide bonds. The van der Waals surface area contributed by atoms with Gasteiger partial charge >= 0.3 is 0 Å². The Labute approximate surface area is 119 Å². The van der Waals surface area contributed by atoms with Gasteiger partial charge in [-0.2, -0.15) is 0 Å². The molecule has 1 aliphatic heterocycles. The summed E-state index contributed by atoms with van der Waals surface area (Å²) in [5, 5.41) is 4.60. The Morgan fingerprint density at radius 1 is 1.22 bits per heavy atom. The Balaban J connectivity index is 1.73. The Bertz CT molecular complexity index is 387. The predicted octanol–water partition coefficient (Wildman–Crippen LogP) is 4.14. The van der Waals surface area contributed by atoms with Gasteiger partial charge in [0.25, 0.3) is 0 Å². The minimum absolute atomic E-state index is 0.604. The summed E-state index contributed by atoms with van der Waals surface area (Å²) in [4.78, 5) is 2.52. The van der Waals surface area contributed by atoms with E-state index >= 15 is 0 Å². The lowest BCUT2D eigenvalue weighted by atomic mass is 9.99. The molecular formula is C14H20Cl2N2. The highest BCUT2D eigenvalue weighted by Gasteiger charge is 2.14. The molecule has 0 bridgehead atoms. The van der Waals surface area contributed by atoms with Crippen LogP contribution in [0.15, 0.2) is 18.2 Å². The largest absolute Gasteiger partial charge is 0.384 e. The van der Waals surface area contributed by atoms with Crippen molar-refractivity contribution in [1.29, 1.82) is 0 Å². The normalized spacial score (nSPS) is 17.9. The molecule has 18 heavy (non-hydrogen) atoms. The molecule has 1 aliphatic rings.